The lowest BCUT2D eigenvalue weighted by molar-refractivity contribution is -0.140. The highest BCUT2D eigenvalue weighted by Gasteiger charge is 2.48. The summed E-state index contributed by atoms with van der Waals surface area (Å²) in [5.41, 5.74) is 0. The summed E-state index contributed by atoms with van der Waals surface area (Å²) in [4.78, 5) is 24.4. The summed E-state index contributed by atoms with van der Waals surface area (Å²) >= 11 is 1.64. The molecular weight excluding hydrogens is 226 g/mol. The fraction of sp³-hybridized carbons (Fsp3) is 0.455. The van der Waals surface area contributed by atoms with Gasteiger partial charge in [-0.3, -0.25) is 9.59 Å². The molecule has 1 fully saturated rings. The third-order valence-electron chi connectivity index (χ3n) is 2.68. The van der Waals surface area contributed by atoms with E-state index in [0.29, 0.717) is 13.0 Å². The Labute approximate surface area is 97.3 Å². The third kappa shape index (κ3) is 2.41. The fourth-order valence-electron chi connectivity index (χ4n) is 1.64. The van der Waals surface area contributed by atoms with Gasteiger partial charge < -0.3 is 10.4 Å². The molecule has 86 valence electrons. The van der Waals surface area contributed by atoms with Crippen LogP contribution >= 0.6 is 11.3 Å². The van der Waals surface area contributed by atoms with E-state index in [-0.39, 0.29) is 11.8 Å². The first-order valence-corrected chi connectivity index (χ1v) is 5.95. The molecule has 0 spiro atoms. The number of carbonyl (C=O) groups excluding carboxylic acids is 1. The Hall–Kier alpha value is -1.36. The van der Waals surface area contributed by atoms with Crippen molar-refractivity contribution >= 4 is 23.2 Å². The minimum absolute atomic E-state index is 0.140. The molecule has 1 aliphatic rings. The smallest absolute Gasteiger partial charge is 0.307 e. The number of carboxylic acids is 1. The molecule has 16 heavy (non-hydrogen) atoms. The van der Waals surface area contributed by atoms with E-state index in [1.54, 1.807) is 11.3 Å². The zero-order valence-corrected chi connectivity index (χ0v) is 9.71. The monoisotopic (exact) mass is 239 g/mol. The lowest BCUT2D eigenvalue weighted by atomic mass is 10.3. The number of carboxylic acid groups (broad SMARTS) is 1. The maximum atomic E-state index is 11.5. The van der Waals surface area contributed by atoms with Crippen LogP contribution < -0.4 is 5.32 Å². The maximum absolute atomic E-state index is 11.5. The molecule has 0 saturated heterocycles. The van der Waals surface area contributed by atoms with E-state index in [4.69, 9.17) is 5.11 Å². The van der Waals surface area contributed by atoms with E-state index in [0.717, 1.165) is 4.88 Å². The lowest BCUT2D eigenvalue weighted by Crippen LogP contribution is -2.25. The van der Waals surface area contributed by atoms with Gasteiger partial charge in [0.1, 0.15) is 0 Å². The first-order chi connectivity index (χ1) is 7.58. The highest BCUT2D eigenvalue weighted by molar-refractivity contribution is 7.11. The van der Waals surface area contributed by atoms with Gasteiger partial charge in [-0.25, -0.2) is 0 Å². The number of rotatable bonds is 4. The predicted octanol–water partition coefficient (Wildman–Crippen LogP) is 1.39. The quantitative estimate of drug-likeness (QED) is 0.834. The largest absolute Gasteiger partial charge is 0.481 e. The minimum Gasteiger partial charge on any atom is -0.481 e. The van der Waals surface area contributed by atoms with E-state index in [9.17, 15) is 9.59 Å². The first kappa shape index (κ1) is 11.1. The molecule has 1 heterocycles. The van der Waals surface area contributed by atoms with Crippen molar-refractivity contribution in [3.63, 3.8) is 0 Å². The van der Waals surface area contributed by atoms with Crippen molar-refractivity contribution in [2.24, 2.45) is 11.8 Å². The van der Waals surface area contributed by atoms with Crippen LogP contribution in [-0.4, -0.2) is 17.0 Å². The van der Waals surface area contributed by atoms with E-state index >= 15 is 0 Å². The lowest BCUT2D eigenvalue weighted by Gasteiger charge is -2.01. The standard InChI is InChI=1S/C11H13NO3S/c1-6-2-3-7(16-6)5-12-10(13)8-4-9(8)11(14)15/h2-3,8-9H,4-5H2,1H3,(H,12,13)(H,14,15). The van der Waals surface area contributed by atoms with Gasteiger partial charge in [0.15, 0.2) is 0 Å². The Bertz CT molecular complexity index is 427. The Balaban J connectivity index is 1.79. The molecule has 0 bridgehead atoms. The van der Waals surface area contributed by atoms with Gasteiger partial charge in [-0.05, 0) is 25.5 Å². The van der Waals surface area contributed by atoms with Gasteiger partial charge in [0.25, 0.3) is 0 Å². The summed E-state index contributed by atoms with van der Waals surface area (Å²) in [6, 6.07) is 3.98. The van der Waals surface area contributed by atoms with Crippen LogP contribution in [0.3, 0.4) is 0 Å². The highest BCUT2D eigenvalue weighted by atomic mass is 32.1. The summed E-state index contributed by atoms with van der Waals surface area (Å²) < 4.78 is 0. The summed E-state index contributed by atoms with van der Waals surface area (Å²) in [6.45, 7) is 2.51. The molecule has 1 saturated carbocycles. The summed E-state index contributed by atoms with van der Waals surface area (Å²) in [6.07, 6.45) is 0.477. The van der Waals surface area contributed by atoms with Crippen LogP contribution in [0.25, 0.3) is 0 Å². The van der Waals surface area contributed by atoms with E-state index < -0.39 is 11.9 Å². The molecule has 1 aromatic heterocycles. The van der Waals surface area contributed by atoms with Gasteiger partial charge >= 0.3 is 5.97 Å². The van der Waals surface area contributed by atoms with Gasteiger partial charge in [-0.15, -0.1) is 11.3 Å². The minimum atomic E-state index is -0.868. The topological polar surface area (TPSA) is 66.4 Å². The van der Waals surface area contributed by atoms with E-state index in [1.165, 1.54) is 4.88 Å². The average molecular weight is 239 g/mol. The first-order valence-electron chi connectivity index (χ1n) is 5.14. The molecule has 0 aliphatic heterocycles. The number of thiophene rings is 1. The molecule has 5 heteroatoms. The van der Waals surface area contributed by atoms with Crippen molar-refractivity contribution in [1.82, 2.24) is 5.32 Å². The Morgan fingerprint density at radius 2 is 2.25 bits per heavy atom. The van der Waals surface area contributed by atoms with Gasteiger partial charge in [-0.2, -0.15) is 0 Å². The van der Waals surface area contributed by atoms with Crippen LogP contribution in [-0.2, 0) is 16.1 Å². The SMILES string of the molecule is Cc1ccc(CNC(=O)C2CC2C(=O)O)s1. The van der Waals surface area contributed by atoms with Crippen LogP contribution in [0.2, 0.25) is 0 Å². The summed E-state index contributed by atoms with van der Waals surface area (Å²) in [5.74, 6) is -1.80. The van der Waals surface area contributed by atoms with Crippen LogP contribution in [0.15, 0.2) is 12.1 Å². The second kappa shape index (κ2) is 4.25. The zero-order chi connectivity index (χ0) is 11.7. The van der Waals surface area contributed by atoms with Crippen molar-refractivity contribution < 1.29 is 14.7 Å². The molecule has 1 aromatic rings. The number of nitrogens with one attached hydrogen (secondary N) is 1. The molecule has 2 rings (SSSR count). The Morgan fingerprint density at radius 1 is 1.50 bits per heavy atom. The van der Waals surface area contributed by atoms with Crippen LogP contribution in [0.1, 0.15) is 16.2 Å². The average Bonchev–Trinajstić information content (AvgIpc) is 2.93. The highest BCUT2D eigenvalue weighted by Crippen LogP contribution is 2.38. The van der Waals surface area contributed by atoms with Crippen molar-refractivity contribution in [2.75, 3.05) is 0 Å². The Kier molecular flexibility index (Phi) is 2.96. The number of carbonyl (C=O) groups is 2. The number of aryl methyl sites for hydroxylation is 1. The number of hydrogen-bond acceptors (Lipinski definition) is 3. The molecule has 1 amide bonds. The third-order valence-corrected chi connectivity index (χ3v) is 3.68. The van der Waals surface area contributed by atoms with Gasteiger partial charge in [0.05, 0.1) is 18.4 Å². The zero-order valence-electron chi connectivity index (χ0n) is 8.90. The van der Waals surface area contributed by atoms with E-state index in [1.807, 2.05) is 19.1 Å². The fourth-order valence-corrected chi connectivity index (χ4v) is 2.47. The second-order valence-electron chi connectivity index (χ2n) is 4.02. The number of aliphatic carboxylic acids is 1. The van der Waals surface area contributed by atoms with E-state index in [2.05, 4.69) is 5.32 Å². The van der Waals surface area contributed by atoms with Gasteiger partial charge in [0.2, 0.25) is 5.91 Å². The maximum Gasteiger partial charge on any atom is 0.307 e. The molecule has 4 nitrogen and oxygen atoms in total. The summed E-state index contributed by atoms with van der Waals surface area (Å²) in [7, 11) is 0. The molecule has 0 aromatic carbocycles. The number of hydrogen-bond donors (Lipinski definition) is 2. The van der Waals surface area contributed by atoms with Gasteiger partial charge in [0, 0.05) is 9.75 Å². The molecule has 2 N–H and O–H groups in total. The van der Waals surface area contributed by atoms with Crippen molar-refractivity contribution in [3.05, 3.63) is 21.9 Å². The van der Waals surface area contributed by atoms with Crippen LogP contribution in [0.5, 0.6) is 0 Å². The summed E-state index contributed by atoms with van der Waals surface area (Å²) in [5, 5.41) is 11.5. The van der Waals surface area contributed by atoms with Gasteiger partial charge in [-0.1, -0.05) is 0 Å². The second-order valence-corrected chi connectivity index (χ2v) is 5.39. The van der Waals surface area contributed by atoms with Crippen molar-refractivity contribution in [1.29, 1.82) is 0 Å². The normalized spacial score (nSPS) is 22.8. The molecule has 2 atom stereocenters. The molecule has 0 radical (unpaired) electrons. The molecule has 1 aliphatic carbocycles. The molecule has 2 unspecified atom stereocenters. The Morgan fingerprint density at radius 3 is 2.75 bits per heavy atom. The number of amides is 1. The van der Waals surface area contributed by atoms with Crippen LogP contribution in [0, 0.1) is 18.8 Å². The van der Waals surface area contributed by atoms with Crippen LogP contribution in [0.4, 0.5) is 0 Å². The molecular formula is C11H13NO3S. The predicted molar refractivity (Wildman–Crippen MR) is 60.1 cm³/mol. The van der Waals surface area contributed by atoms with Crippen molar-refractivity contribution in [2.45, 2.75) is 19.9 Å². The van der Waals surface area contributed by atoms with Crippen molar-refractivity contribution in [3.8, 4) is 0 Å².